The summed E-state index contributed by atoms with van der Waals surface area (Å²) >= 11 is 0. The maximum Gasteiger partial charge on any atom is 0.287 e. The first-order valence-electron chi connectivity index (χ1n) is 10.5. The summed E-state index contributed by atoms with van der Waals surface area (Å²) in [4.78, 5) is 25.7. The summed E-state index contributed by atoms with van der Waals surface area (Å²) in [5, 5.41) is 17.0. The monoisotopic (exact) mass is 457 g/mol. The number of phenolic OH excluding ortho intramolecular Hbond substituents is 1. The molecule has 8 heteroatoms. The Hall–Kier alpha value is -4.59. The molecular weight excluding hydrogens is 434 g/mol. The molecule has 1 aliphatic heterocycles. The molecule has 0 bridgehead atoms. The van der Waals surface area contributed by atoms with Crippen LogP contribution in [0.5, 0.6) is 17.2 Å². The first kappa shape index (κ1) is 22.6. The van der Waals surface area contributed by atoms with E-state index in [2.05, 4.69) is 15.8 Å². The molecule has 1 heterocycles. The minimum absolute atomic E-state index is 0.0160. The second-order valence-electron chi connectivity index (χ2n) is 7.60. The zero-order valence-corrected chi connectivity index (χ0v) is 18.7. The van der Waals surface area contributed by atoms with Crippen molar-refractivity contribution in [2.45, 2.75) is 13.8 Å². The summed E-state index contributed by atoms with van der Waals surface area (Å²) in [5.41, 5.74) is 5.06. The molecule has 0 saturated carbocycles. The van der Waals surface area contributed by atoms with Gasteiger partial charge < -0.3 is 19.9 Å². The van der Waals surface area contributed by atoms with Crippen LogP contribution in [0.1, 0.15) is 34.0 Å². The molecule has 34 heavy (non-hydrogen) atoms. The Kier molecular flexibility index (Phi) is 6.59. The van der Waals surface area contributed by atoms with E-state index in [0.717, 1.165) is 0 Å². The van der Waals surface area contributed by atoms with Gasteiger partial charge in [0.05, 0.1) is 5.71 Å². The van der Waals surface area contributed by atoms with Gasteiger partial charge in [-0.05, 0) is 61.4 Å². The standard InChI is InChI=1S/C26H23N3O5/c1-16-7-6-10-20(24(16)30)17(2)28-29-26(32)21(27-25(31)19-8-4-3-5-9-19)13-18-11-12-22-23(14-18)34-15-33-22/h3-14,30H,15H2,1-2H3,(H,27,31)(H,29,32)/b21-13?,28-17+. The van der Waals surface area contributed by atoms with Gasteiger partial charge in [0.2, 0.25) is 6.79 Å². The number of phenols is 1. The molecule has 4 rings (SSSR count). The summed E-state index contributed by atoms with van der Waals surface area (Å²) in [7, 11) is 0. The molecule has 0 spiro atoms. The fourth-order valence-corrected chi connectivity index (χ4v) is 3.32. The predicted octanol–water partition coefficient (Wildman–Crippen LogP) is 3.74. The third kappa shape index (κ3) is 5.07. The van der Waals surface area contributed by atoms with Crippen LogP contribution < -0.4 is 20.2 Å². The Morgan fingerprint density at radius 1 is 1.00 bits per heavy atom. The van der Waals surface area contributed by atoms with Crippen molar-refractivity contribution in [2.75, 3.05) is 6.79 Å². The largest absolute Gasteiger partial charge is 0.507 e. The van der Waals surface area contributed by atoms with E-state index < -0.39 is 11.8 Å². The molecule has 0 fully saturated rings. The number of para-hydroxylation sites is 1. The quantitative estimate of drug-likeness (QED) is 0.297. The van der Waals surface area contributed by atoms with Crippen LogP contribution in [0.25, 0.3) is 6.08 Å². The Morgan fingerprint density at radius 3 is 2.56 bits per heavy atom. The highest BCUT2D eigenvalue weighted by molar-refractivity contribution is 6.06. The molecular formula is C26H23N3O5. The highest BCUT2D eigenvalue weighted by atomic mass is 16.7. The Labute approximate surface area is 196 Å². The average Bonchev–Trinajstić information content (AvgIpc) is 3.32. The number of nitrogens with one attached hydrogen (secondary N) is 2. The van der Waals surface area contributed by atoms with E-state index >= 15 is 0 Å². The van der Waals surface area contributed by atoms with Gasteiger partial charge in [-0.25, -0.2) is 5.43 Å². The highest BCUT2D eigenvalue weighted by Gasteiger charge is 2.17. The van der Waals surface area contributed by atoms with Gasteiger partial charge in [-0.3, -0.25) is 9.59 Å². The van der Waals surface area contributed by atoms with Crippen LogP contribution in [0.15, 0.2) is 77.5 Å². The van der Waals surface area contributed by atoms with Gasteiger partial charge in [-0.1, -0.05) is 36.4 Å². The van der Waals surface area contributed by atoms with E-state index in [0.29, 0.717) is 39.5 Å². The van der Waals surface area contributed by atoms with Crippen molar-refractivity contribution in [1.29, 1.82) is 0 Å². The van der Waals surface area contributed by atoms with E-state index in [9.17, 15) is 14.7 Å². The van der Waals surface area contributed by atoms with Crippen molar-refractivity contribution in [3.05, 3.63) is 94.7 Å². The summed E-state index contributed by atoms with van der Waals surface area (Å²) in [5.74, 6) is 0.168. The lowest BCUT2D eigenvalue weighted by Crippen LogP contribution is -2.33. The number of aromatic hydroxyl groups is 1. The van der Waals surface area contributed by atoms with Gasteiger partial charge in [-0.2, -0.15) is 5.10 Å². The SMILES string of the molecule is C/C(=N\NC(=O)C(=Cc1ccc2c(c1)OCO2)NC(=O)c1ccccc1)c1cccc(C)c1O. The molecule has 0 aromatic heterocycles. The fraction of sp³-hybridized carbons (Fsp3) is 0.115. The van der Waals surface area contributed by atoms with Gasteiger partial charge in [0.1, 0.15) is 11.4 Å². The van der Waals surface area contributed by atoms with Crippen molar-refractivity contribution in [2.24, 2.45) is 5.10 Å². The van der Waals surface area contributed by atoms with E-state index in [1.54, 1.807) is 80.6 Å². The molecule has 0 saturated heterocycles. The molecule has 3 aromatic carbocycles. The maximum atomic E-state index is 13.0. The van der Waals surface area contributed by atoms with Gasteiger partial charge in [0.25, 0.3) is 11.8 Å². The van der Waals surface area contributed by atoms with E-state index in [-0.39, 0.29) is 18.2 Å². The van der Waals surface area contributed by atoms with Crippen LogP contribution >= 0.6 is 0 Å². The van der Waals surface area contributed by atoms with Crippen LogP contribution in [0.4, 0.5) is 0 Å². The predicted molar refractivity (Wildman–Crippen MR) is 128 cm³/mol. The zero-order chi connectivity index (χ0) is 24.1. The number of carbonyl (C=O) groups is 2. The van der Waals surface area contributed by atoms with Crippen molar-refractivity contribution in [1.82, 2.24) is 10.7 Å². The van der Waals surface area contributed by atoms with Gasteiger partial charge in [0, 0.05) is 11.1 Å². The lowest BCUT2D eigenvalue weighted by Gasteiger charge is -2.11. The summed E-state index contributed by atoms with van der Waals surface area (Å²) in [6.45, 7) is 3.56. The smallest absolute Gasteiger partial charge is 0.287 e. The number of rotatable bonds is 6. The molecule has 8 nitrogen and oxygen atoms in total. The number of benzene rings is 3. The molecule has 0 atom stereocenters. The van der Waals surface area contributed by atoms with E-state index in [1.807, 2.05) is 0 Å². The van der Waals surface area contributed by atoms with E-state index in [4.69, 9.17) is 9.47 Å². The first-order chi connectivity index (χ1) is 16.4. The maximum absolute atomic E-state index is 13.0. The lowest BCUT2D eigenvalue weighted by molar-refractivity contribution is -0.117. The first-order valence-corrected chi connectivity index (χ1v) is 10.5. The van der Waals surface area contributed by atoms with Crippen LogP contribution in [-0.2, 0) is 4.79 Å². The Morgan fingerprint density at radius 2 is 1.76 bits per heavy atom. The molecule has 1 aliphatic rings. The average molecular weight is 457 g/mol. The number of nitrogens with zero attached hydrogens (tertiary/aromatic N) is 1. The van der Waals surface area contributed by atoms with Crippen molar-refractivity contribution in [3.63, 3.8) is 0 Å². The molecule has 0 unspecified atom stereocenters. The molecule has 3 N–H and O–H groups in total. The number of fused-ring (bicyclic) bond motifs is 1. The summed E-state index contributed by atoms with van der Waals surface area (Å²) in [6.07, 6.45) is 1.52. The van der Waals surface area contributed by atoms with E-state index in [1.165, 1.54) is 6.08 Å². The molecule has 0 radical (unpaired) electrons. The second-order valence-corrected chi connectivity index (χ2v) is 7.60. The number of carbonyl (C=O) groups excluding carboxylic acids is 2. The number of amides is 2. The molecule has 2 amide bonds. The van der Waals surface area contributed by atoms with Gasteiger partial charge in [0.15, 0.2) is 11.5 Å². The number of ether oxygens (including phenoxy) is 2. The molecule has 172 valence electrons. The van der Waals surface area contributed by atoms with Crippen molar-refractivity contribution < 1.29 is 24.2 Å². The Bertz CT molecular complexity index is 1300. The molecule has 3 aromatic rings. The highest BCUT2D eigenvalue weighted by Crippen LogP contribution is 2.33. The van der Waals surface area contributed by atoms with Crippen molar-refractivity contribution in [3.8, 4) is 17.2 Å². The van der Waals surface area contributed by atoms with Crippen molar-refractivity contribution >= 4 is 23.6 Å². The summed E-state index contributed by atoms with van der Waals surface area (Å²) < 4.78 is 10.7. The normalized spacial score (nSPS) is 12.9. The summed E-state index contributed by atoms with van der Waals surface area (Å²) in [6, 6.07) is 19.0. The number of hydrazone groups is 1. The zero-order valence-electron chi connectivity index (χ0n) is 18.7. The van der Waals surface area contributed by atoms with Crippen LogP contribution in [0.3, 0.4) is 0 Å². The van der Waals surface area contributed by atoms with Gasteiger partial charge in [-0.15, -0.1) is 0 Å². The number of hydrogen-bond donors (Lipinski definition) is 3. The fourth-order valence-electron chi connectivity index (χ4n) is 3.32. The third-order valence-corrected chi connectivity index (χ3v) is 5.19. The van der Waals surface area contributed by atoms with Crippen LogP contribution in [0.2, 0.25) is 0 Å². The van der Waals surface area contributed by atoms with Crippen LogP contribution in [-0.4, -0.2) is 29.4 Å². The Balaban J connectivity index is 1.61. The number of hydrogen-bond acceptors (Lipinski definition) is 6. The lowest BCUT2D eigenvalue weighted by atomic mass is 10.1. The minimum Gasteiger partial charge on any atom is -0.507 e. The van der Waals surface area contributed by atoms with Crippen LogP contribution in [0, 0.1) is 6.92 Å². The minimum atomic E-state index is -0.631. The van der Waals surface area contributed by atoms with Gasteiger partial charge >= 0.3 is 0 Å². The second kappa shape index (κ2) is 9.91. The third-order valence-electron chi connectivity index (χ3n) is 5.19. The topological polar surface area (TPSA) is 109 Å². The number of aryl methyl sites for hydroxylation is 1. The molecule has 0 aliphatic carbocycles.